The Morgan fingerprint density at radius 1 is 1.25 bits per heavy atom. The number of halogens is 3. The highest BCUT2D eigenvalue weighted by Crippen LogP contribution is 2.24. The maximum atomic E-state index is 12.3. The van der Waals surface area contributed by atoms with Gasteiger partial charge in [-0.05, 0) is 13.0 Å². The summed E-state index contributed by atoms with van der Waals surface area (Å²) in [6, 6.07) is 1.87. The van der Waals surface area contributed by atoms with E-state index in [1.165, 1.54) is 4.90 Å². The average molecular weight is 289 g/mol. The third-order valence-corrected chi connectivity index (χ3v) is 3.38. The van der Waals surface area contributed by atoms with Crippen LogP contribution in [0.1, 0.15) is 11.3 Å². The molecule has 1 aliphatic rings. The van der Waals surface area contributed by atoms with Crippen LogP contribution in [0.3, 0.4) is 0 Å². The third kappa shape index (κ3) is 3.83. The molecule has 0 saturated carbocycles. The fourth-order valence-corrected chi connectivity index (χ4v) is 2.39. The summed E-state index contributed by atoms with van der Waals surface area (Å²) in [7, 11) is 0. The predicted molar refractivity (Wildman–Crippen MR) is 69.6 cm³/mol. The molecule has 1 saturated heterocycles. The van der Waals surface area contributed by atoms with E-state index in [4.69, 9.17) is 0 Å². The Balaban J connectivity index is 2.02. The van der Waals surface area contributed by atoms with E-state index >= 15 is 0 Å². The minimum atomic E-state index is -4.15. The first kappa shape index (κ1) is 15.1. The Morgan fingerprint density at radius 2 is 1.90 bits per heavy atom. The first-order chi connectivity index (χ1) is 9.39. The third-order valence-electron chi connectivity index (χ3n) is 3.38. The lowest BCUT2D eigenvalue weighted by atomic mass is 10.1. The molecular weight excluding hydrogens is 271 g/mol. The predicted octanol–water partition coefficient (Wildman–Crippen LogP) is 1.57. The zero-order valence-electron chi connectivity index (χ0n) is 11.3. The van der Waals surface area contributed by atoms with Crippen LogP contribution in [-0.2, 0) is 6.61 Å². The Hall–Kier alpha value is -1.34. The molecule has 2 heterocycles. The Labute approximate surface area is 115 Å². The zero-order valence-corrected chi connectivity index (χ0v) is 11.3. The van der Waals surface area contributed by atoms with Crippen LogP contribution in [0.4, 0.5) is 18.9 Å². The van der Waals surface area contributed by atoms with Crippen molar-refractivity contribution in [3.05, 3.63) is 23.5 Å². The molecule has 112 valence electrons. The second-order valence-corrected chi connectivity index (χ2v) is 4.99. The minimum absolute atomic E-state index is 0.120. The number of nitrogens with zero attached hydrogens (tertiary/aromatic N) is 3. The molecule has 0 bridgehead atoms. The van der Waals surface area contributed by atoms with Gasteiger partial charge in [-0.25, -0.2) is 0 Å². The SMILES string of the molecule is Cc1cc(N2CCN(CC(F)(F)F)CC2)c(CO)cn1. The molecule has 1 fully saturated rings. The topological polar surface area (TPSA) is 39.6 Å². The minimum Gasteiger partial charge on any atom is -0.392 e. The normalized spacial score (nSPS) is 17.6. The maximum Gasteiger partial charge on any atom is 0.401 e. The summed E-state index contributed by atoms with van der Waals surface area (Å²) in [6.07, 6.45) is -2.53. The van der Waals surface area contributed by atoms with Gasteiger partial charge in [-0.1, -0.05) is 0 Å². The van der Waals surface area contributed by atoms with Crippen molar-refractivity contribution >= 4 is 5.69 Å². The van der Waals surface area contributed by atoms with Gasteiger partial charge in [0.2, 0.25) is 0 Å². The number of aryl methyl sites for hydroxylation is 1. The number of aliphatic hydroxyl groups is 1. The Kier molecular flexibility index (Phi) is 4.49. The first-order valence-electron chi connectivity index (χ1n) is 6.49. The van der Waals surface area contributed by atoms with Crippen molar-refractivity contribution in [1.29, 1.82) is 0 Å². The van der Waals surface area contributed by atoms with Crippen molar-refractivity contribution in [2.75, 3.05) is 37.6 Å². The highest BCUT2D eigenvalue weighted by molar-refractivity contribution is 5.53. The summed E-state index contributed by atoms with van der Waals surface area (Å²) in [5, 5.41) is 9.32. The lowest BCUT2D eigenvalue weighted by Gasteiger charge is -2.37. The van der Waals surface area contributed by atoms with Crippen LogP contribution in [-0.4, -0.2) is 53.9 Å². The number of hydrogen-bond donors (Lipinski definition) is 1. The number of alkyl halides is 3. The summed E-state index contributed by atoms with van der Waals surface area (Å²) < 4.78 is 37.0. The molecule has 0 aromatic carbocycles. The number of piperazine rings is 1. The van der Waals surface area contributed by atoms with Gasteiger partial charge in [0.05, 0.1) is 13.2 Å². The van der Waals surface area contributed by atoms with Gasteiger partial charge in [0.1, 0.15) is 0 Å². The van der Waals surface area contributed by atoms with Crippen molar-refractivity contribution in [3.63, 3.8) is 0 Å². The van der Waals surface area contributed by atoms with Crippen LogP contribution in [0.15, 0.2) is 12.3 Å². The Bertz CT molecular complexity index is 457. The van der Waals surface area contributed by atoms with E-state index < -0.39 is 12.7 Å². The Morgan fingerprint density at radius 3 is 2.45 bits per heavy atom. The highest BCUT2D eigenvalue weighted by atomic mass is 19.4. The van der Waals surface area contributed by atoms with E-state index in [-0.39, 0.29) is 6.61 Å². The van der Waals surface area contributed by atoms with Crippen molar-refractivity contribution in [3.8, 4) is 0 Å². The average Bonchev–Trinajstić information content (AvgIpc) is 2.38. The number of aliphatic hydroxyl groups excluding tert-OH is 1. The van der Waals surface area contributed by atoms with Gasteiger partial charge in [-0.3, -0.25) is 9.88 Å². The smallest absolute Gasteiger partial charge is 0.392 e. The molecule has 0 aliphatic carbocycles. The highest BCUT2D eigenvalue weighted by Gasteiger charge is 2.32. The van der Waals surface area contributed by atoms with E-state index in [0.29, 0.717) is 31.7 Å². The molecule has 1 aliphatic heterocycles. The summed E-state index contributed by atoms with van der Waals surface area (Å²) in [5.74, 6) is 0. The van der Waals surface area contributed by atoms with Gasteiger partial charge >= 0.3 is 6.18 Å². The van der Waals surface area contributed by atoms with Gasteiger partial charge in [0, 0.05) is 49.3 Å². The molecule has 1 aromatic heterocycles. The van der Waals surface area contributed by atoms with Crippen LogP contribution in [0.2, 0.25) is 0 Å². The van der Waals surface area contributed by atoms with Crippen LogP contribution in [0, 0.1) is 6.92 Å². The van der Waals surface area contributed by atoms with Gasteiger partial charge in [0.15, 0.2) is 0 Å². The van der Waals surface area contributed by atoms with Gasteiger partial charge in [-0.15, -0.1) is 0 Å². The quantitative estimate of drug-likeness (QED) is 0.917. The number of anilines is 1. The molecule has 1 aromatic rings. The fourth-order valence-electron chi connectivity index (χ4n) is 2.39. The first-order valence-corrected chi connectivity index (χ1v) is 6.49. The van der Waals surface area contributed by atoms with Crippen LogP contribution < -0.4 is 4.90 Å². The molecule has 2 rings (SSSR count). The molecule has 20 heavy (non-hydrogen) atoms. The number of hydrogen-bond acceptors (Lipinski definition) is 4. The summed E-state index contributed by atoms with van der Waals surface area (Å²) in [6.45, 7) is 2.65. The number of rotatable bonds is 3. The van der Waals surface area contributed by atoms with Crippen molar-refractivity contribution < 1.29 is 18.3 Å². The molecule has 0 atom stereocenters. The maximum absolute atomic E-state index is 12.3. The van der Waals surface area contributed by atoms with Gasteiger partial charge in [0.25, 0.3) is 0 Å². The fraction of sp³-hybridized carbons (Fsp3) is 0.615. The second kappa shape index (κ2) is 5.97. The number of aromatic nitrogens is 1. The van der Waals surface area contributed by atoms with Crippen LogP contribution >= 0.6 is 0 Å². The summed E-state index contributed by atoms with van der Waals surface area (Å²) >= 11 is 0. The summed E-state index contributed by atoms with van der Waals surface area (Å²) in [4.78, 5) is 7.54. The van der Waals surface area contributed by atoms with Crippen molar-refractivity contribution in [1.82, 2.24) is 9.88 Å². The van der Waals surface area contributed by atoms with E-state index in [1.54, 1.807) is 6.20 Å². The molecule has 1 N–H and O–H groups in total. The monoisotopic (exact) mass is 289 g/mol. The van der Waals surface area contributed by atoms with Gasteiger partial charge < -0.3 is 10.0 Å². The van der Waals surface area contributed by atoms with Crippen LogP contribution in [0.5, 0.6) is 0 Å². The molecule has 0 unspecified atom stereocenters. The molecule has 0 radical (unpaired) electrons. The lowest BCUT2D eigenvalue weighted by Crippen LogP contribution is -2.49. The zero-order chi connectivity index (χ0) is 14.8. The molecule has 4 nitrogen and oxygen atoms in total. The van der Waals surface area contributed by atoms with E-state index in [2.05, 4.69) is 4.98 Å². The van der Waals surface area contributed by atoms with E-state index in [0.717, 1.165) is 11.4 Å². The van der Waals surface area contributed by atoms with Gasteiger partial charge in [-0.2, -0.15) is 13.2 Å². The molecular formula is C13H18F3N3O. The van der Waals surface area contributed by atoms with Crippen molar-refractivity contribution in [2.45, 2.75) is 19.7 Å². The molecule has 7 heteroatoms. The molecule has 0 spiro atoms. The van der Waals surface area contributed by atoms with Crippen molar-refractivity contribution in [2.24, 2.45) is 0 Å². The lowest BCUT2D eigenvalue weighted by molar-refractivity contribution is -0.146. The second-order valence-electron chi connectivity index (χ2n) is 4.99. The summed E-state index contributed by atoms with van der Waals surface area (Å²) in [5.41, 5.74) is 2.40. The van der Waals surface area contributed by atoms with E-state index in [1.807, 2.05) is 17.9 Å². The number of pyridine rings is 1. The molecule has 0 amide bonds. The van der Waals surface area contributed by atoms with E-state index in [9.17, 15) is 18.3 Å². The standard InChI is InChI=1S/C13H18F3N3O/c1-10-6-12(11(8-20)7-17-10)19-4-2-18(3-5-19)9-13(14,15)16/h6-7,20H,2-5,8-9H2,1H3. The largest absolute Gasteiger partial charge is 0.401 e. The van der Waals surface area contributed by atoms with Crippen LogP contribution in [0.25, 0.3) is 0 Å².